The molecule has 0 aromatic carbocycles. The van der Waals surface area contributed by atoms with Crippen LogP contribution in [0.15, 0.2) is 23.1 Å². The Morgan fingerprint density at radius 2 is 2.15 bits per heavy atom. The van der Waals surface area contributed by atoms with Gasteiger partial charge in [-0.3, -0.25) is 14.6 Å². The van der Waals surface area contributed by atoms with Crippen molar-refractivity contribution in [2.75, 3.05) is 5.32 Å². The molecule has 0 aliphatic carbocycles. The lowest BCUT2D eigenvalue weighted by molar-refractivity contribution is -0.105. The van der Waals surface area contributed by atoms with Crippen LogP contribution in [0, 0.1) is 11.7 Å². The molecule has 0 bridgehead atoms. The van der Waals surface area contributed by atoms with E-state index in [1.807, 2.05) is 6.92 Å². The maximum atomic E-state index is 14.2. The number of carbonyl (C=O) groups excluding carboxylic acids is 1. The minimum atomic E-state index is -0.501. The Kier molecular flexibility index (Phi) is 5.34. The maximum Gasteiger partial charge on any atom is 0.274 e. The molecule has 27 heavy (non-hydrogen) atoms. The Bertz CT molecular complexity index is 1040. The van der Waals surface area contributed by atoms with Gasteiger partial charge >= 0.3 is 0 Å². The van der Waals surface area contributed by atoms with E-state index in [-0.39, 0.29) is 23.3 Å². The first kappa shape index (κ1) is 18.8. The molecule has 0 saturated carbocycles. The average molecular weight is 371 g/mol. The molecule has 0 saturated heterocycles. The van der Waals surface area contributed by atoms with Gasteiger partial charge in [-0.25, -0.2) is 9.37 Å². The molecule has 3 rings (SSSR count). The number of carbonyl (C=O) groups is 1. The van der Waals surface area contributed by atoms with Crippen LogP contribution < -0.4 is 10.9 Å². The van der Waals surface area contributed by atoms with Crippen LogP contribution in [0.5, 0.6) is 0 Å². The lowest BCUT2D eigenvalue weighted by atomic mass is 10.1. The van der Waals surface area contributed by atoms with E-state index in [2.05, 4.69) is 34.1 Å². The molecule has 1 amide bonds. The highest BCUT2D eigenvalue weighted by molar-refractivity contribution is 5.78. The van der Waals surface area contributed by atoms with E-state index in [9.17, 15) is 14.0 Å². The van der Waals surface area contributed by atoms with Crippen molar-refractivity contribution in [3.8, 4) is 0 Å². The molecule has 0 aliphatic heterocycles. The summed E-state index contributed by atoms with van der Waals surface area (Å²) in [5.41, 5.74) is 2.18. The normalized spacial score (nSPS) is 11.3. The second-order valence-corrected chi connectivity index (χ2v) is 6.80. The van der Waals surface area contributed by atoms with Gasteiger partial charge in [0, 0.05) is 5.69 Å². The summed E-state index contributed by atoms with van der Waals surface area (Å²) in [4.78, 5) is 35.0. The molecule has 0 spiro atoms. The number of hydrogen-bond donors (Lipinski definition) is 2. The van der Waals surface area contributed by atoms with Gasteiger partial charge in [0.25, 0.3) is 5.56 Å². The third-order valence-corrected chi connectivity index (χ3v) is 4.35. The third-order valence-electron chi connectivity index (χ3n) is 4.35. The van der Waals surface area contributed by atoms with Crippen LogP contribution in [0.3, 0.4) is 0 Å². The predicted octanol–water partition coefficient (Wildman–Crippen LogP) is 2.64. The SMILES string of the molecule is CCc1ccc(NC=O)c(=O)n1Cc1nc2c(F)cnc(CC(C)C)c2[nH]1. The minimum Gasteiger partial charge on any atom is -0.339 e. The van der Waals surface area contributed by atoms with Gasteiger partial charge in [0.05, 0.1) is 24.0 Å². The van der Waals surface area contributed by atoms with Crippen molar-refractivity contribution in [1.29, 1.82) is 0 Å². The first-order valence-electron chi connectivity index (χ1n) is 8.89. The average Bonchev–Trinajstić information content (AvgIpc) is 3.06. The lowest BCUT2D eigenvalue weighted by Gasteiger charge is -2.12. The molecule has 0 radical (unpaired) electrons. The number of nitrogens with one attached hydrogen (secondary N) is 2. The van der Waals surface area contributed by atoms with Crippen LogP contribution in [-0.4, -0.2) is 25.9 Å². The van der Waals surface area contributed by atoms with Crippen LogP contribution in [0.4, 0.5) is 10.1 Å². The fraction of sp³-hybridized carbons (Fsp3) is 0.368. The van der Waals surface area contributed by atoms with Gasteiger partial charge in [0.1, 0.15) is 17.0 Å². The van der Waals surface area contributed by atoms with Crippen molar-refractivity contribution >= 4 is 23.1 Å². The van der Waals surface area contributed by atoms with Gasteiger partial charge in [-0.1, -0.05) is 20.8 Å². The number of hydrogen-bond acceptors (Lipinski definition) is 4. The molecular weight excluding hydrogens is 349 g/mol. The molecule has 0 unspecified atom stereocenters. The number of rotatable bonds is 7. The van der Waals surface area contributed by atoms with E-state index in [0.717, 1.165) is 11.4 Å². The van der Waals surface area contributed by atoms with Crippen molar-refractivity contribution in [2.45, 2.75) is 40.2 Å². The molecule has 142 valence electrons. The largest absolute Gasteiger partial charge is 0.339 e. The summed E-state index contributed by atoms with van der Waals surface area (Å²) in [5, 5.41) is 2.41. The monoisotopic (exact) mass is 371 g/mol. The number of H-pyrrole nitrogens is 1. The van der Waals surface area contributed by atoms with Crippen molar-refractivity contribution in [3.05, 3.63) is 51.7 Å². The van der Waals surface area contributed by atoms with E-state index in [1.165, 1.54) is 10.8 Å². The number of anilines is 1. The van der Waals surface area contributed by atoms with E-state index in [0.29, 0.717) is 36.5 Å². The zero-order chi connectivity index (χ0) is 19.6. The predicted molar refractivity (Wildman–Crippen MR) is 101 cm³/mol. The second-order valence-electron chi connectivity index (χ2n) is 6.80. The van der Waals surface area contributed by atoms with Gasteiger partial charge in [0.15, 0.2) is 5.82 Å². The molecule has 8 heteroatoms. The molecule has 2 N–H and O–H groups in total. The number of pyridine rings is 2. The second kappa shape index (κ2) is 7.69. The summed E-state index contributed by atoms with van der Waals surface area (Å²) in [7, 11) is 0. The molecule has 0 atom stereocenters. The summed E-state index contributed by atoms with van der Waals surface area (Å²) < 4.78 is 15.7. The van der Waals surface area contributed by atoms with Crippen molar-refractivity contribution in [3.63, 3.8) is 0 Å². The summed E-state index contributed by atoms with van der Waals surface area (Å²) in [6.45, 7) is 6.20. The Morgan fingerprint density at radius 1 is 1.37 bits per heavy atom. The minimum absolute atomic E-state index is 0.144. The molecular formula is C19H22FN5O2. The smallest absolute Gasteiger partial charge is 0.274 e. The van der Waals surface area contributed by atoms with Crippen LogP contribution in [0.25, 0.3) is 11.0 Å². The highest BCUT2D eigenvalue weighted by atomic mass is 19.1. The summed E-state index contributed by atoms with van der Waals surface area (Å²) in [5.74, 6) is 0.319. The molecule has 3 aromatic heterocycles. The van der Waals surface area contributed by atoms with Gasteiger partial charge in [-0.2, -0.15) is 0 Å². The van der Waals surface area contributed by atoms with E-state index < -0.39 is 5.82 Å². The summed E-state index contributed by atoms with van der Waals surface area (Å²) >= 11 is 0. The van der Waals surface area contributed by atoms with Crippen LogP contribution >= 0.6 is 0 Å². The van der Waals surface area contributed by atoms with E-state index in [1.54, 1.807) is 12.1 Å². The number of nitrogens with zero attached hydrogens (tertiary/aromatic N) is 3. The van der Waals surface area contributed by atoms with Crippen molar-refractivity contribution < 1.29 is 9.18 Å². The Hall–Kier alpha value is -3.03. The van der Waals surface area contributed by atoms with Gasteiger partial charge < -0.3 is 14.9 Å². The fourth-order valence-corrected chi connectivity index (χ4v) is 3.10. The number of amides is 1. The number of halogens is 1. The Balaban J connectivity index is 2.07. The summed E-state index contributed by atoms with van der Waals surface area (Å²) in [6.07, 6.45) is 2.97. The molecule has 0 fully saturated rings. The maximum absolute atomic E-state index is 14.2. The van der Waals surface area contributed by atoms with E-state index in [4.69, 9.17) is 0 Å². The third kappa shape index (κ3) is 3.74. The molecule has 7 nitrogen and oxygen atoms in total. The molecule has 0 aliphatic rings. The quantitative estimate of drug-likeness (QED) is 0.625. The van der Waals surface area contributed by atoms with Crippen molar-refractivity contribution in [1.82, 2.24) is 19.5 Å². The first-order chi connectivity index (χ1) is 12.9. The van der Waals surface area contributed by atoms with Crippen LogP contribution in [-0.2, 0) is 24.2 Å². The number of aromatic amines is 1. The van der Waals surface area contributed by atoms with Crippen LogP contribution in [0.2, 0.25) is 0 Å². The Morgan fingerprint density at radius 3 is 2.81 bits per heavy atom. The van der Waals surface area contributed by atoms with Gasteiger partial charge in [0.2, 0.25) is 6.41 Å². The zero-order valence-corrected chi connectivity index (χ0v) is 15.5. The summed E-state index contributed by atoms with van der Waals surface area (Å²) in [6, 6.07) is 3.36. The topological polar surface area (TPSA) is 92.7 Å². The van der Waals surface area contributed by atoms with E-state index >= 15 is 0 Å². The number of imidazole rings is 1. The lowest BCUT2D eigenvalue weighted by Crippen LogP contribution is -2.26. The Labute approximate surface area is 155 Å². The van der Waals surface area contributed by atoms with Crippen LogP contribution in [0.1, 0.15) is 38.0 Å². The van der Waals surface area contributed by atoms with Gasteiger partial charge in [-0.15, -0.1) is 0 Å². The van der Waals surface area contributed by atoms with Crippen molar-refractivity contribution in [2.24, 2.45) is 5.92 Å². The fourth-order valence-electron chi connectivity index (χ4n) is 3.10. The van der Waals surface area contributed by atoms with Gasteiger partial charge in [-0.05, 0) is 30.9 Å². The highest BCUT2D eigenvalue weighted by Crippen LogP contribution is 2.21. The standard InChI is InChI=1S/C19H22FN5O2/c1-4-12-5-6-14(22-10-26)19(27)25(12)9-16-23-17-13(20)8-21-15(7-11(2)3)18(17)24-16/h5-6,8,10-11H,4,7,9H2,1-3H3,(H,22,26)(H,23,24). The highest BCUT2D eigenvalue weighted by Gasteiger charge is 2.16. The zero-order valence-electron chi connectivity index (χ0n) is 15.5. The molecule has 3 aromatic rings. The number of aryl methyl sites for hydroxylation is 1. The molecule has 3 heterocycles. The number of aromatic nitrogens is 4. The first-order valence-corrected chi connectivity index (χ1v) is 8.89. The number of fused-ring (bicyclic) bond motifs is 1.